The van der Waals surface area contributed by atoms with E-state index in [1.54, 1.807) is 18.2 Å². The maximum atomic E-state index is 12.6. The highest BCUT2D eigenvalue weighted by molar-refractivity contribution is 14.1. The zero-order chi connectivity index (χ0) is 22.4. The minimum absolute atomic E-state index is 0.00969. The normalized spacial score (nSPS) is 11.0. The fourth-order valence-electron chi connectivity index (χ4n) is 2.84. The molecule has 1 amide bonds. The molecule has 0 spiro atoms. The number of nitrogens with one attached hydrogen (secondary N) is 1. The summed E-state index contributed by atoms with van der Waals surface area (Å²) >= 11 is 8.61. The average Bonchev–Trinajstić information content (AvgIpc) is 2.75. The fourth-order valence-corrected chi connectivity index (χ4v) is 3.44. The van der Waals surface area contributed by atoms with E-state index in [0.717, 1.165) is 20.3 Å². The van der Waals surface area contributed by atoms with Crippen LogP contribution >= 0.6 is 34.2 Å². The zero-order valence-corrected chi connectivity index (χ0v) is 20.0. The van der Waals surface area contributed by atoms with Crippen molar-refractivity contribution in [3.8, 4) is 11.8 Å². The molecule has 31 heavy (non-hydrogen) atoms. The van der Waals surface area contributed by atoms with Crippen LogP contribution in [0.4, 0.5) is 5.69 Å². The van der Waals surface area contributed by atoms with Gasteiger partial charge in [-0.25, -0.2) is 0 Å². The largest absolute Gasteiger partial charge is 0.487 e. The van der Waals surface area contributed by atoms with E-state index in [1.165, 1.54) is 6.08 Å². The third-order valence-corrected chi connectivity index (χ3v) is 5.60. The van der Waals surface area contributed by atoms with Crippen LogP contribution in [0.2, 0.25) is 5.02 Å². The van der Waals surface area contributed by atoms with Crippen molar-refractivity contribution >= 4 is 51.9 Å². The van der Waals surface area contributed by atoms with Crippen molar-refractivity contribution in [3.63, 3.8) is 0 Å². The first-order chi connectivity index (χ1) is 14.9. The van der Waals surface area contributed by atoms with E-state index in [9.17, 15) is 10.1 Å². The zero-order valence-electron chi connectivity index (χ0n) is 17.1. The standard InChI is InChI=1S/C25H20ClIN2O2/c1-16-3-4-17(2)23(11-16)29-25(30)20(14-28)12-19-7-10-24(22(26)13-19)31-15-18-5-8-21(27)9-6-18/h3-13H,15H2,1-2H3,(H,29,30)/b20-12+. The number of carbonyl (C=O) groups excluding carboxylic acids is 1. The second-order valence-corrected chi connectivity index (χ2v) is 8.70. The lowest BCUT2D eigenvalue weighted by atomic mass is 10.1. The molecule has 156 valence electrons. The van der Waals surface area contributed by atoms with Gasteiger partial charge in [-0.05, 0) is 95.1 Å². The molecule has 0 fully saturated rings. The van der Waals surface area contributed by atoms with Crippen molar-refractivity contribution in [2.45, 2.75) is 20.5 Å². The Balaban J connectivity index is 1.72. The van der Waals surface area contributed by atoms with E-state index >= 15 is 0 Å². The number of hydrogen-bond donors (Lipinski definition) is 1. The van der Waals surface area contributed by atoms with E-state index in [0.29, 0.717) is 28.6 Å². The van der Waals surface area contributed by atoms with Crippen molar-refractivity contribution in [1.29, 1.82) is 5.26 Å². The molecule has 6 heteroatoms. The van der Waals surface area contributed by atoms with Gasteiger partial charge in [0.2, 0.25) is 0 Å². The Bertz CT molecular complexity index is 1180. The second-order valence-electron chi connectivity index (χ2n) is 7.05. The van der Waals surface area contributed by atoms with Gasteiger partial charge in [0.05, 0.1) is 5.02 Å². The summed E-state index contributed by atoms with van der Waals surface area (Å²) in [5.41, 5.74) is 4.30. The first-order valence-electron chi connectivity index (χ1n) is 9.53. The molecule has 3 aromatic carbocycles. The monoisotopic (exact) mass is 542 g/mol. The molecule has 0 aliphatic carbocycles. The molecule has 3 aromatic rings. The van der Waals surface area contributed by atoms with Gasteiger partial charge in [0.1, 0.15) is 24.0 Å². The Morgan fingerprint density at radius 2 is 1.87 bits per heavy atom. The molecule has 4 nitrogen and oxygen atoms in total. The topological polar surface area (TPSA) is 62.1 Å². The van der Waals surface area contributed by atoms with Gasteiger partial charge in [-0.3, -0.25) is 4.79 Å². The summed E-state index contributed by atoms with van der Waals surface area (Å²) in [6, 6.07) is 20.9. The van der Waals surface area contributed by atoms with Crippen LogP contribution in [0.15, 0.2) is 66.2 Å². The Kier molecular flexibility index (Phi) is 7.72. The fraction of sp³-hybridized carbons (Fsp3) is 0.120. The van der Waals surface area contributed by atoms with Gasteiger partial charge in [-0.15, -0.1) is 0 Å². The van der Waals surface area contributed by atoms with E-state index in [-0.39, 0.29) is 5.57 Å². The molecule has 0 aliphatic heterocycles. The predicted octanol–water partition coefficient (Wildman–Crippen LogP) is 6.69. The summed E-state index contributed by atoms with van der Waals surface area (Å²) in [6.07, 6.45) is 1.51. The molecule has 0 heterocycles. The highest BCUT2D eigenvalue weighted by atomic mass is 127. The number of hydrogen-bond acceptors (Lipinski definition) is 3. The van der Waals surface area contributed by atoms with Crippen LogP contribution < -0.4 is 10.1 Å². The predicted molar refractivity (Wildman–Crippen MR) is 133 cm³/mol. The summed E-state index contributed by atoms with van der Waals surface area (Å²) in [4.78, 5) is 12.6. The summed E-state index contributed by atoms with van der Waals surface area (Å²) < 4.78 is 6.96. The van der Waals surface area contributed by atoms with Crippen molar-refractivity contribution < 1.29 is 9.53 Å². The quantitative estimate of drug-likeness (QED) is 0.215. The Morgan fingerprint density at radius 3 is 2.55 bits per heavy atom. The number of nitrogens with zero attached hydrogens (tertiary/aromatic N) is 1. The molecule has 0 aromatic heterocycles. The van der Waals surface area contributed by atoms with E-state index in [1.807, 2.05) is 62.4 Å². The summed E-state index contributed by atoms with van der Waals surface area (Å²) in [5, 5.41) is 12.7. The molecule has 0 radical (unpaired) electrons. The summed E-state index contributed by atoms with van der Waals surface area (Å²) in [6.45, 7) is 4.24. The first kappa shape index (κ1) is 22.9. The number of amides is 1. The number of ether oxygens (including phenoxy) is 1. The van der Waals surface area contributed by atoms with Crippen LogP contribution in [-0.4, -0.2) is 5.91 Å². The average molecular weight is 543 g/mol. The SMILES string of the molecule is Cc1ccc(C)c(NC(=O)/C(C#N)=C/c2ccc(OCc3ccc(I)cc3)c(Cl)c2)c1. The highest BCUT2D eigenvalue weighted by Crippen LogP contribution is 2.27. The Morgan fingerprint density at radius 1 is 1.13 bits per heavy atom. The second kappa shape index (κ2) is 10.5. The molecule has 0 saturated carbocycles. The number of benzene rings is 3. The third kappa shape index (κ3) is 6.33. The van der Waals surface area contributed by atoms with Gasteiger partial charge in [-0.2, -0.15) is 5.26 Å². The molecule has 0 aliphatic rings. The van der Waals surface area contributed by atoms with Crippen LogP contribution in [0.25, 0.3) is 6.08 Å². The van der Waals surface area contributed by atoms with E-state index in [2.05, 4.69) is 27.9 Å². The van der Waals surface area contributed by atoms with Gasteiger partial charge in [-0.1, -0.05) is 41.9 Å². The van der Waals surface area contributed by atoms with Gasteiger partial charge < -0.3 is 10.1 Å². The number of aryl methyl sites for hydroxylation is 2. The maximum absolute atomic E-state index is 12.6. The third-order valence-electron chi connectivity index (χ3n) is 4.58. The number of nitriles is 1. The van der Waals surface area contributed by atoms with Gasteiger partial charge in [0.25, 0.3) is 5.91 Å². The van der Waals surface area contributed by atoms with Crippen molar-refractivity contribution in [2.75, 3.05) is 5.32 Å². The van der Waals surface area contributed by atoms with Crippen LogP contribution in [0.5, 0.6) is 5.75 Å². The van der Waals surface area contributed by atoms with Crippen LogP contribution in [0, 0.1) is 28.7 Å². The number of halogens is 2. The smallest absolute Gasteiger partial charge is 0.266 e. The minimum Gasteiger partial charge on any atom is -0.487 e. The van der Waals surface area contributed by atoms with Crippen LogP contribution in [0.3, 0.4) is 0 Å². The summed E-state index contributed by atoms with van der Waals surface area (Å²) in [5.74, 6) is 0.0714. The lowest BCUT2D eigenvalue weighted by Crippen LogP contribution is -2.14. The van der Waals surface area contributed by atoms with E-state index in [4.69, 9.17) is 16.3 Å². The van der Waals surface area contributed by atoms with Crippen LogP contribution in [0.1, 0.15) is 22.3 Å². The molecule has 0 bridgehead atoms. The highest BCUT2D eigenvalue weighted by Gasteiger charge is 2.12. The minimum atomic E-state index is -0.466. The molecule has 1 N–H and O–H groups in total. The lowest BCUT2D eigenvalue weighted by Gasteiger charge is -2.10. The number of carbonyl (C=O) groups is 1. The summed E-state index contributed by atoms with van der Waals surface area (Å²) in [7, 11) is 0. The Labute approximate surface area is 200 Å². The number of rotatable bonds is 6. The Hall–Kier alpha value is -2.82. The molecular formula is C25H20ClIN2O2. The van der Waals surface area contributed by atoms with Gasteiger partial charge in [0, 0.05) is 9.26 Å². The molecule has 0 atom stereocenters. The maximum Gasteiger partial charge on any atom is 0.266 e. The number of anilines is 1. The molecular weight excluding hydrogens is 523 g/mol. The van der Waals surface area contributed by atoms with Crippen molar-refractivity contribution in [1.82, 2.24) is 0 Å². The molecule has 0 unspecified atom stereocenters. The van der Waals surface area contributed by atoms with Gasteiger partial charge >= 0.3 is 0 Å². The molecule has 0 saturated heterocycles. The van der Waals surface area contributed by atoms with Crippen molar-refractivity contribution in [3.05, 3.63) is 97.1 Å². The van der Waals surface area contributed by atoms with E-state index < -0.39 is 5.91 Å². The lowest BCUT2D eigenvalue weighted by molar-refractivity contribution is -0.112. The first-order valence-corrected chi connectivity index (χ1v) is 11.0. The van der Waals surface area contributed by atoms with Gasteiger partial charge in [0.15, 0.2) is 0 Å². The van der Waals surface area contributed by atoms with Crippen molar-refractivity contribution in [2.24, 2.45) is 0 Å². The van der Waals surface area contributed by atoms with Crippen LogP contribution in [-0.2, 0) is 11.4 Å². The molecule has 3 rings (SSSR count).